The molecule has 8 heteroatoms. The third-order valence-corrected chi connectivity index (χ3v) is 5.22. The van der Waals surface area contributed by atoms with Gasteiger partial charge in [-0.2, -0.15) is 10.4 Å². The first-order valence-corrected chi connectivity index (χ1v) is 9.04. The van der Waals surface area contributed by atoms with Crippen molar-refractivity contribution >= 4 is 29.2 Å². The summed E-state index contributed by atoms with van der Waals surface area (Å²) in [5.41, 5.74) is 1.96. The van der Waals surface area contributed by atoms with Gasteiger partial charge in [0.05, 0.1) is 22.2 Å². The average Bonchev–Trinajstić information content (AvgIpc) is 3.08. The SMILES string of the molecule is CC1(C)Oc2c(ccc(C#N)c2-c2ccc(Cl)cc2Cl)-c2n[nH]c(C(=O)O)c21. The summed E-state index contributed by atoms with van der Waals surface area (Å²) in [4.78, 5) is 11.6. The number of nitrogens with zero attached hydrogens (tertiary/aromatic N) is 2. The van der Waals surface area contributed by atoms with E-state index in [9.17, 15) is 15.2 Å². The van der Waals surface area contributed by atoms with Gasteiger partial charge in [0.15, 0.2) is 5.69 Å². The molecule has 0 spiro atoms. The number of fused-ring (bicyclic) bond motifs is 3. The minimum absolute atomic E-state index is 0.0268. The van der Waals surface area contributed by atoms with Crippen LogP contribution in [-0.4, -0.2) is 21.3 Å². The van der Waals surface area contributed by atoms with E-state index in [1.165, 1.54) is 0 Å². The fourth-order valence-corrected chi connectivity index (χ4v) is 4.01. The van der Waals surface area contributed by atoms with E-state index in [0.717, 1.165) is 0 Å². The monoisotopic (exact) mass is 413 g/mol. The smallest absolute Gasteiger partial charge is 0.354 e. The van der Waals surface area contributed by atoms with Gasteiger partial charge in [-0.3, -0.25) is 5.10 Å². The molecular weight excluding hydrogens is 401 g/mol. The summed E-state index contributed by atoms with van der Waals surface area (Å²) in [5, 5.41) is 26.8. The lowest BCUT2D eigenvalue weighted by Gasteiger charge is -2.34. The number of carboxylic acids is 1. The topological polar surface area (TPSA) is 99.0 Å². The first kappa shape index (κ1) is 18.4. The number of ether oxygens (including phenoxy) is 1. The highest BCUT2D eigenvalue weighted by Crippen LogP contribution is 2.51. The molecule has 0 amide bonds. The van der Waals surface area contributed by atoms with Crippen molar-refractivity contribution in [2.75, 3.05) is 0 Å². The number of nitrogens with one attached hydrogen (secondary N) is 1. The summed E-state index contributed by atoms with van der Waals surface area (Å²) in [6.45, 7) is 3.51. The highest BCUT2D eigenvalue weighted by Gasteiger charge is 2.41. The largest absolute Gasteiger partial charge is 0.482 e. The van der Waals surface area contributed by atoms with Crippen molar-refractivity contribution in [3.8, 4) is 34.2 Å². The second-order valence-electron chi connectivity index (χ2n) is 6.84. The fraction of sp³-hybridized carbons (Fsp3) is 0.150. The lowest BCUT2D eigenvalue weighted by Crippen LogP contribution is -2.31. The van der Waals surface area contributed by atoms with Crippen LogP contribution >= 0.6 is 23.2 Å². The van der Waals surface area contributed by atoms with Crippen LogP contribution in [0.5, 0.6) is 5.75 Å². The van der Waals surface area contributed by atoms with Gasteiger partial charge in [0.25, 0.3) is 0 Å². The summed E-state index contributed by atoms with van der Waals surface area (Å²) in [6, 6.07) is 10.5. The molecule has 140 valence electrons. The van der Waals surface area contributed by atoms with E-state index in [2.05, 4.69) is 16.3 Å². The van der Waals surface area contributed by atoms with Crippen LogP contribution in [0.15, 0.2) is 30.3 Å². The van der Waals surface area contributed by atoms with E-state index in [1.54, 1.807) is 44.2 Å². The molecule has 0 saturated carbocycles. The zero-order valence-corrected chi connectivity index (χ0v) is 16.3. The molecule has 1 aliphatic rings. The maximum atomic E-state index is 11.6. The van der Waals surface area contributed by atoms with Crippen molar-refractivity contribution in [2.45, 2.75) is 19.4 Å². The predicted octanol–water partition coefficient (Wildman–Crippen LogP) is 5.25. The maximum absolute atomic E-state index is 11.6. The van der Waals surface area contributed by atoms with Gasteiger partial charge < -0.3 is 9.84 Å². The van der Waals surface area contributed by atoms with Crippen molar-refractivity contribution in [1.82, 2.24) is 10.2 Å². The Morgan fingerprint density at radius 2 is 1.96 bits per heavy atom. The van der Waals surface area contributed by atoms with E-state index < -0.39 is 11.6 Å². The number of aromatic nitrogens is 2. The fourth-order valence-electron chi connectivity index (χ4n) is 3.51. The van der Waals surface area contributed by atoms with Crippen LogP contribution in [0.2, 0.25) is 10.0 Å². The van der Waals surface area contributed by atoms with E-state index >= 15 is 0 Å². The number of benzene rings is 2. The van der Waals surface area contributed by atoms with Crippen LogP contribution < -0.4 is 4.74 Å². The number of hydrogen-bond acceptors (Lipinski definition) is 4. The molecule has 0 aliphatic carbocycles. The summed E-state index contributed by atoms with van der Waals surface area (Å²) in [7, 11) is 0. The molecule has 0 bridgehead atoms. The van der Waals surface area contributed by atoms with Crippen molar-refractivity contribution in [2.24, 2.45) is 0 Å². The molecule has 0 saturated heterocycles. The average molecular weight is 414 g/mol. The number of carboxylic acid groups (broad SMARTS) is 1. The molecule has 0 fully saturated rings. The number of nitriles is 1. The van der Waals surface area contributed by atoms with Crippen LogP contribution in [0, 0.1) is 11.3 Å². The van der Waals surface area contributed by atoms with Gasteiger partial charge in [-0.25, -0.2) is 4.79 Å². The van der Waals surface area contributed by atoms with Crippen LogP contribution in [0.3, 0.4) is 0 Å². The molecule has 3 aromatic rings. The minimum atomic E-state index is -1.12. The quantitative estimate of drug-likeness (QED) is 0.597. The number of rotatable bonds is 2. The maximum Gasteiger partial charge on any atom is 0.354 e. The number of hydrogen-bond donors (Lipinski definition) is 2. The molecule has 0 radical (unpaired) electrons. The molecular formula is C20H13Cl2N3O3. The van der Waals surface area contributed by atoms with Crippen molar-refractivity contribution in [1.29, 1.82) is 5.26 Å². The van der Waals surface area contributed by atoms with Crippen molar-refractivity contribution in [3.05, 3.63) is 57.2 Å². The van der Waals surface area contributed by atoms with Crippen molar-refractivity contribution in [3.63, 3.8) is 0 Å². The van der Waals surface area contributed by atoms with Crippen LogP contribution in [0.25, 0.3) is 22.4 Å². The number of carbonyl (C=O) groups is 1. The standard InChI is InChI=1S/C20H13Cl2N3O3/c1-20(2)15-16(24-25-17(15)19(26)27)12-5-3-9(8-23)14(18(12)28-20)11-6-4-10(21)7-13(11)22/h3-7H,1-2H3,(H,24,25)(H,26,27). The van der Waals surface area contributed by atoms with Gasteiger partial charge in [-0.15, -0.1) is 0 Å². The Bertz CT molecular complexity index is 1190. The highest BCUT2D eigenvalue weighted by molar-refractivity contribution is 6.36. The van der Waals surface area contributed by atoms with Crippen LogP contribution in [0.1, 0.15) is 35.5 Å². The van der Waals surface area contributed by atoms with E-state index in [-0.39, 0.29) is 5.69 Å². The zero-order chi connectivity index (χ0) is 20.2. The summed E-state index contributed by atoms with van der Waals surface area (Å²) >= 11 is 12.4. The third kappa shape index (κ3) is 2.63. The first-order valence-electron chi connectivity index (χ1n) is 8.28. The molecule has 6 nitrogen and oxygen atoms in total. The van der Waals surface area contributed by atoms with E-state index in [0.29, 0.717) is 49.3 Å². The highest BCUT2D eigenvalue weighted by atomic mass is 35.5. The van der Waals surface area contributed by atoms with E-state index in [4.69, 9.17) is 27.9 Å². The molecule has 2 aromatic carbocycles. The Labute approximate surface area is 170 Å². The molecule has 0 unspecified atom stereocenters. The number of halogens is 2. The van der Waals surface area contributed by atoms with Crippen LogP contribution in [-0.2, 0) is 5.60 Å². The number of aromatic carboxylic acids is 1. The number of H-pyrrole nitrogens is 1. The Balaban J connectivity index is 2.07. The molecule has 28 heavy (non-hydrogen) atoms. The van der Waals surface area contributed by atoms with Gasteiger partial charge in [-0.1, -0.05) is 29.3 Å². The Morgan fingerprint density at radius 1 is 1.25 bits per heavy atom. The van der Waals surface area contributed by atoms with Gasteiger partial charge >= 0.3 is 5.97 Å². The van der Waals surface area contributed by atoms with Gasteiger partial charge in [-0.05, 0) is 38.1 Å². The zero-order valence-electron chi connectivity index (χ0n) is 14.8. The van der Waals surface area contributed by atoms with Gasteiger partial charge in [0.1, 0.15) is 17.0 Å². The lowest BCUT2D eigenvalue weighted by molar-refractivity contribution is 0.0665. The van der Waals surface area contributed by atoms with Crippen molar-refractivity contribution < 1.29 is 14.6 Å². The molecule has 2 heterocycles. The Morgan fingerprint density at radius 3 is 2.61 bits per heavy atom. The van der Waals surface area contributed by atoms with E-state index in [1.807, 2.05) is 0 Å². The Kier molecular flexibility index (Phi) is 4.11. The summed E-state index contributed by atoms with van der Waals surface area (Å²) in [6.07, 6.45) is 0. The summed E-state index contributed by atoms with van der Waals surface area (Å²) in [5.74, 6) is -0.701. The molecule has 4 rings (SSSR count). The number of aromatic amines is 1. The normalized spacial score (nSPS) is 13.8. The Hall–Kier alpha value is -3.01. The van der Waals surface area contributed by atoms with Gasteiger partial charge in [0, 0.05) is 21.7 Å². The first-order chi connectivity index (χ1) is 13.2. The second-order valence-corrected chi connectivity index (χ2v) is 7.68. The molecule has 1 aromatic heterocycles. The summed E-state index contributed by atoms with van der Waals surface area (Å²) < 4.78 is 6.24. The van der Waals surface area contributed by atoms with Gasteiger partial charge in [0.2, 0.25) is 0 Å². The van der Waals surface area contributed by atoms with Crippen LogP contribution in [0.4, 0.5) is 0 Å². The molecule has 0 atom stereocenters. The third-order valence-electron chi connectivity index (χ3n) is 4.67. The lowest BCUT2D eigenvalue weighted by atomic mass is 9.86. The predicted molar refractivity (Wildman–Crippen MR) is 105 cm³/mol. The second kappa shape index (κ2) is 6.26. The minimum Gasteiger partial charge on any atom is -0.482 e. The molecule has 2 N–H and O–H groups in total. The molecule has 1 aliphatic heterocycles.